The van der Waals surface area contributed by atoms with Crippen molar-refractivity contribution in [3.8, 4) is 0 Å². The lowest BCUT2D eigenvalue weighted by Crippen LogP contribution is -1.95. The molecule has 0 rings (SSSR count). The average molecular weight is 206 g/mol. The van der Waals surface area contributed by atoms with Gasteiger partial charge in [-0.2, -0.15) is 0 Å². The van der Waals surface area contributed by atoms with Crippen molar-refractivity contribution in [2.24, 2.45) is 5.92 Å². The second kappa shape index (κ2) is 8.14. The highest BCUT2D eigenvalue weighted by molar-refractivity contribution is 5.26. The summed E-state index contributed by atoms with van der Waals surface area (Å²) < 4.78 is 5.07. The molecule has 0 saturated heterocycles. The highest BCUT2D eigenvalue weighted by Gasteiger charge is 2.02. The average Bonchev–Trinajstić information content (AvgIpc) is 2.27. The molecule has 1 heteroatoms. The van der Waals surface area contributed by atoms with Crippen LogP contribution < -0.4 is 0 Å². The Hall–Kier alpha value is -1.20. The molecule has 0 N–H and O–H groups in total. The molecule has 0 aliphatic heterocycles. The third kappa shape index (κ3) is 5.29. The number of rotatable bonds is 6. The van der Waals surface area contributed by atoms with E-state index in [-0.39, 0.29) is 0 Å². The third-order valence-electron chi connectivity index (χ3n) is 2.44. The van der Waals surface area contributed by atoms with Gasteiger partial charge in [0.1, 0.15) is 0 Å². The number of hydrogen-bond donors (Lipinski definition) is 0. The van der Waals surface area contributed by atoms with Crippen LogP contribution >= 0.6 is 0 Å². The van der Waals surface area contributed by atoms with Gasteiger partial charge in [0.25, 0.3) is 0 Å². The largest absolute Gasteiger partial charge is 0.489 e. The van der Waals surface area contributed by atoms with Crippen molar-refractivity contribution in [3.63, 3.8) is 0 Å². The van der Waals surface area contributed by atoms with Crippen LogP contribution in [-0.2, 0) is 4.74 Å². The Morgan fingerprint density at radius 2 is 2.07 bits per heavy atom. The predicted octanol–water partition coefficient (Wildman–Crippen LogP) is 4.24. The van der Waals surface area contributed by atoms with Gasteiger partial charge in [0, 0.05) is 0 Å². The molecule has 0 spiro atoms. The molecule has 0 aliphatic rings. The fraction of sp³-hybridized carbons (Fsp3) is 0.500. The Balaban J connectivity index is 4.69. The van der Waals surface area contributed by atoms with Gasteiger partial charge in [0.15, 0.2) is 5.76 Å². The fourth-order valence-electron chi connectivity index (χ4n) is 1.28. The zero-order valence-corrected chi connectivity index (χ0v) is 10.3. The topological polar surface area (TPSA) is 9.23 Å². The van der Waals surface area contributed by atoms with Gasteiger partial charge in [-0.25, -0.2) is 0 Å². The minimum atomic E-state index is 0.587. The van der Waals surface area contributed by atoms with E-state index >= 15 is 0 Å². The molecule has 1 nitrogen and oxygen atoms in total. The minimum absolute atomic E-state index is 0.587. The molecule has 0 saturated carbocycles. The highest BCUT2D eigenvalue weighted by Crippen LogP contribution is 2.17. The van der Waals surface area contributed by atoms with Gasteiger partial charge < -0.3 is 4.74 Å². The summed E-state index contributed by atoms with van der Waals surface area (Å²) in [6, 6.07) is 0. The number of methoxy groups -OCH3 is 1. The van der Waals surface area contributed by atoms with Crippen molar-refractivity contribution < 1.29 is 4.74 Å². The molecule has 0 aromatic carbocycles. The van der Waals surface area contributed by atoms with Gasteiger partial charge in [-0.1, -0.05) is 45.2 Å². The minimum Gasteiger partial charge on any atom is -0.489 e. The van der Waals surface area contributed by atoms with E-state index in [1.54, 1.807) is 7.11 Å². The van der Waals surface area contributed by atoms with Gasteiger partial charge in [0.05, 0.1) is 7.11 Å². The normalized spacial score (nSPS) is 13.7. The Labute approximate surface area is 93.8 Å². The summed E-state index contributed by atoms with van der Waals surface area (Å²) >= 11 is 0. The first-order valence-corrected chi connectivity index (χ1v) is 5.51. The molecule has 0 aliphatic carbocycles. The fourth-order valence-corrected chi connectivity index (χ4v) is 1.28. The highest BCUT2D eigenvalue weighted by atomic mass is 16.5. The second-order valence-corrected chi connectivity index (χ2v) is 3.50. The van der Waals surface area contributed by atoms with Crippen molar-refractivity contribution in [2.45, 2.75) is 33.6 Å². The van der Waals surface area contributed by atoms with Crippen molar-refractivity contribution in [2.75, 3.05) is 7.11 Å². The molecule has 0 radical (unpaired) electrons. The quantitative estimate of drug-likeness (QED) is 0.359. The molecule has 1 atom stereocenters. The van der Waals surface area contributed by atoms with Crippen LogP contribution in [0.3, 0.4) is 0 Å². The summed E-state index contributed by atoms with van der Waals surface area (Å²) in [6.07, 6.45) is 8.47. The smallest absolute Gasteiger partial charge is 0.161 e. The Morgan fingerprint density at radius 1 is 1.40 bits per heavy atom. The Bertz CT molecular complexity index is 278. The van der Waals surface area contributed by atoms with Crippen molar-refractivity contribution >= 4 is 0 Å². The standard InChI is InChI=1S/C14H22O/c1-6-9-13(12(4)7-2)10-11-14(8-3)15-5/h9-12H,3,6-7H2,1-2,4-5H3/b11-10-,13-9+. The summed E-state index contributed by atoms with van der Waals surface area (Å²) in [5.74, 6) is 1.27. The first-order valence-electron chi connectivity index (χ1n) is 5.51. The molecule has 0 bridgehead atoms. The van der Waals surface area contributed by atoms with E-state index in [1.807, 2.05) is 6.08 Å². The maximum atomic E-state index is 5.07. The van der Waals surface area contributed by atoms with E-state index in [9.17, 15) is 0 Å². The van der Waals surface area contributed by atoms with Gasteiger partial charge in [-0.15, -0.1) is 0 Å². The maximum absolute atomic E-state index is 5.07. The lowest BCUT2D eigenvalue weighted by molar-refractivity contribution is 0.308. The van der Waals surface area contributed by atoms with Crippen LogP contribution in [0.2, 0.25) is 0 Å². The zero-order valence-electron chi connectivity index (χ0n) is 10.3. The van der Waals surface area contributed by atoms with Crippen LogP contribution in [0.1, 0.15) is 33.6 Å². The maximum Gasteiger partial charge on any atom is 0.161 e. The number of ether oxygens (including phenoxy) is 1. The molecule has 0 fully saturated rings. The molecule has 15 heavy (non-hydrogen) atoms. The van der Waals surface area contributed by atoms with Crippen LogP contribution in [-0.4, -0.2) is 7.11 Å². The zero-order chi connectivity index (χ0) is 11.7. The van der Waals surface area contributed by atoms with E-state index in [4.69, 9.17) is 4.74 Å². The predicted molar refractivity (Wildman–Crippen MR) is 66.6 cm³/mol. The van der Waals surface area contributed by atoms with E-state index in [1.165, 1.54) is 5.57 Å². The second-order valence-electron chi connectivity index (χ2n) is 3.50. The summed E-state index contributed by atoms with van der Waals surface area (Å²) in [5.41, 5.74) is 4.09. The van der Waals surface area contributed by atoms with E-state index in [0.717, 1.165) is 12.8 Å². The summed E-state index contributed by atoms with van der Waals surface area (Å²) in [5, 5.41) is 0. The summed E-state index contributed by atoms with van der Waals surface area (Å²) in [7, 11) is 1.63. The van der Waals surface area contributed by atoms with Crippen LogP contribution in [0.5, 0.6) is 0 Å². The van der Waals surface area contributed by atoms with Gasteiger partial charge in [-0.05, 0) is 30.4 Å². The van der Waals surface area contributed by atoms with E-state index in [0.29, 0.717) is 11.7 Å². The summed E-state index contributed by atoms with van der Waals surface area (Å²) in [4.78, 5) is 0. The molecular weight excluding hydrogens is 184 g/mol. The third-order valence-corrected chi connectivity index (χ3v) is 2.44. The van der Waals surface area contributed by atoms with Crippen molar-refractivity contribution in [1.82, 2.24) is 0 Å². The van der Waals surface area contributed by atoms with E-state index < -0.39 is 0 Å². The molecule has 0 amide bonds. The lowest BCUT2D eigenvalue weighted by atomic mass is 9.97. The Morgan fingerprint density at radius 3 is 2.47 bits per heavy atom. The molecular formula is C14H22O. The number of hydrogen-bond acceptors (Lipinski definition) is 1. The molecule has 0 aromatic rings. The van der Waals surface area contributed by atoms with Crippen LogP contribution in [0.25, 0.3) is 0 Å². The molecule has 1 unspecified atom stereocenters. The SMILES string of the molecule is C=C=C(/C=C\C(=C/CC)C(C)CC)OC. The van der Waals surface area contributed by atoms with E-state index in [2.05, 4.69) is 45.2 Å². The lowest BCUT2D eigenvalue weighted by Gasteiger charge is -2.09. The van der Waals surface area contributed by atoms with Gasteiger partial charge in [0.2, 0.25) is 0 Å². The van der Waals surface area contributed by atoms with Crippen molar-refractivity contribution in [1.29, 1.82) is 0 Å². The van der Waals surface area contributed by atoms with Crippen LogP contribution in [0.4, 0.5) is 0 Å². The van der Waals surface area contributed by atoms with Crippen LogP contribution in [0, 0.1) is 5.92 Å². The molecule has 84 valence electrons. The van der Waals surface area contributed by atoms with Gasteiger partial charge in [-0.3, -0.25) is 0 Å². The number of allylic oxidation sites excluding steroid dienone is 4. The first-order chi connectivity index (χ1) is 7.19. The molecule has 0 heterocycles. The monoisotopic (exact) mass is 206 g/mol. The Kier molecular flexibility index (Phi) is 7.49. The molecule has 0 aromatic heterocycles. The van der Waals surface area contributed by atoms with Crippen LogP contribution in [0.15, 0.2) is 41.9 Å². The van der Waals surface area contributed by atoms with Crippen molar-refractivity contribution in [3.05, 3.63) is 41.9 Å². The first kappa shape index (κ1) is 13.8. The summed E-state index contributed by atoms with van der Waals surface area (Å²) in [6.45, 7) is 10.1. The van der Waals surface area contributed by atoms with Gasteiger partial charge >= 0.3 is 0 Å².